The Morgan fingerprint density at radius 2 is 2.20 bits per heavy atom. The molecule has 0 unspecified atom stereocenters. The third-order valence-corrected chi connectivity index (χ3v) is 3.74. The average Bonchev–Trinajstić information content (AvgIpc) is 2.90. The highest BCUT2D eigenvalue weighted by Gasteiger charge is 2.25. The highest BCUT2D eigenvalue weighted by Crippen LogP contribution is 2.24. The lowest BCUT2D eigenvalue weighted by atomic mass is 9.97. The minimum absolute atomic E-state index is 0.249. The zero-order valence-corrected chi connectivity index (χ0v) is 10.8. The van der Waals surface area contributed by atoms with Crippen LogP contribution in [0.25, 0.3) is 11.0 Å². The Morgan fingerprint density at radius 1 is 1.45 bits per heavy atom. The van der Waals surface area contributed by atoms with Crippen molar-refractivity contribution >= 4 is 23.0 Å². The van der Waals surface area contributed by atoms with Crippen molar-refractivity contribution in [3.63, 3.8) is 0 Å². The van der Waals surface area contributed by atoms with Gasteiger partial charge in [-0.1, -0.05) is 0 Å². The van der Waals surface area contributed by atoms with Gasteiger partial charge in [0.2, 0.25) is 5.95 Å². The molecule has 1 aromatic carbocycles. The van der Waals surface area contributed by atoms with Gasteiger partial charge in [0.1, 0.15) is 0 Å². The number of aromatic nitrogens is 2. The number of piperidine rings is 1. The van der Waals surface area contributed by atoms with E-state index >= 15 is 0 Å². The van der Waals surface area contributed by atoms with E-state index in [2.05, 4.69) is 20.9 Å². The lowest BCUT2D eigenvalue weighted by molar-refractivity contribution is -0.142. The van der Waals surface area contributed by atoms with Gasteiger partial charge in [-0.2, -0.15) is 5.26 Å². The number of imidazole rings is 1. The van der Waals surface area contributed by atoms with Crippen LogP contribution in [0.5, 0.6) is 0 Å². The lowest BCUT2D eigenvalue weighted by Gasteiger charge is -2.29. The lowest BCUT2D eigenvalue weighted by Crippen LogP contribution is -2.36. The van der Waals surface area contributed by atoms with Gasteiger partial charge in [-0.05, 0) is 31.0 Å². The third-order valence-electron chi connectivity index (χ3n) is 3.74. The number of hydrogen-bond acceptors (Lipinski definition) is 4. The van der Waals surface area contributed by atoms with Crippen molar-refractivity contribution in [2.75, 3.05) is 18.0 Å². The maximum Gasteiger partial charge on any atom is 0.306 e. The van der Waals surface area contributed by atoms with E-state index in [-0.39, 0.29) is 5.92 Å². The van der Waals surface area contributed by atoms with Crippen LogP contribution in [0.15, 0.2) is 18.2 Å². The predicted octanol–water partition coefficient (Wildman–Crippen LogP) is 1.74. The summed E-state index contributed by atoms with van der Waals surface area (Å²) >= 11 is 0. The highest BCUT2D eigenvalue weighted by molar-refractivity contribution is 5.79. The quantitative estimate of drug-likeness (QED) is 0.867. The van der Waals surface area contributed by atoms with Crippen LogP contribution in [0, 0.1) is 17.2 Å². The Kier molecular flexibility index (Phi) is 3.03. The normalized spacial score (nSPS) is 16.2. The smallest absolute Gasteiger partial charge is 0.306 e. The molecule has 0 atom stereocenters. The minimum atomic E-state index is -0.715. The van der Waals surface area contributed by atoms with E-state index in [1.807, 2.05) is 6.07 Å². The summed E-state index contributed by atoms with van der Waals surface area (Å²) in [4.78, 5) is 20.7. The zero-order chi connectivity index (χ0) is 14.1. The van der Waals surface area contributed by atoms with Crippen molar-refractivity contribution < 1.29 is 9.90 Å². The second kappa shape index (κ2) is 4.85. The Labute approximate surface area is 115 Å². The van der Waals surface area contributed by atoms with Gasteiger partial charge in [-0.15, -0.1) is 0 Å². The van der Waals surface area contributed by atoms with E-state index in [4.69, 9.17) is 10.4 Å². The molecular weight excluding hydrogens is 256 g/mol. The number of nitrogens with zero attached hydrogens (tertiary/aromatic N) is 3. The number of nitrogens with one attached hydrogen (secondary N) is 1. The number of nitriles is 1. The molecule has 0 amide bonds. The van der Waals surface area contributed by atoms with Gasteiger partial charge >= 0.3 is 5.97 Å². The highest BCUT2D eigenvalue weighted by atomic mass is 16.4. The monoisotopic (exact) mass is 270 g/mol. The van der Waals surface area contributed by atoms with E-state index in [9.17, 15) is 4.79 Å². The van der Waals surface area contributed by atoms with Crippen LogP contribution >= 0.6 is 0 Å². The average molecular weight is 270 g/mol. The SMILES string of the molecule is N#Cc1ccc2nc(N3CCC(C(=O)O)CC3)[nH]c2c1. The van der Waals surface area contributed by atoms with Gasteiger partial charge in [0, 0.05) is 13.1 Å². The molecule has 6 heteroatoms. The fourth-order valence-electron chi connectivity index (χ4n) is 2.55. The molecule has 1 fully saturated rings. The van der Waals surface area contributed by atoms with Crippen molar-refractivity contribution in [2.24, 2.45) is 5.92 Å². The summed E-state index contributed by atoms with van der Waals surface area (Å²) in [6.45, 7) is 1.36. The van der Waals surface area contributed by atoms with E-state index in [0.717, 1.165) is 17.0 Å². The van der Waals surface area contributed by atoms with E-state index in [1.165, 1.54) is 0 Å². The molecule has 1 aliphatic heterocycles. The molecule has 0 saturated carbocycles. The van der Waals surface area contributed by atoms with Gasteiger partial charge in [-0.3, -0.25) is 4.79 Å². The summed E-state index contributed by atoms with van der Waals surface area (Å²) in [5.41, 5.74) is 2.25. The number of benzene rings is 1. The Balaban J connectivity index is 1.81. The number of carbonyl (C=O) groups is 1. The van der Waals surface area contributed by atoms with Crippen molar-refractivity contribution in [1.82, 2.24) is 9.97 Å². The molecule has 0 aliphatic carbocycles. The Morgan fingerprint density at radius 3 is 2.85 bits per heavy atom. The number of aliphatic carboxylic acids is 1. The van der Waals surface area contributed by atoms with Gasteiger partial charge in [0.25, 0.3) is 0 Å². The maximum absolute atomic E-state index is 10.9. The standard InChI is InChI=1S/C14H14N4O2/c15-8-9-1-2-11-12(7-9)17-14(16-11)18-5-3-10(4-6-18)13(19)20/h1-2,7,10H,3-6H2,(H,16,17)(H,19,20). The molecule has 2 aromatic rings. The van der Waals surface area contributed by atoms with Gasteiger partial charge in [-0.25, -0.2) is 4.98 Å². The summed E-state index contributed by atoms with van der Waals surface area (Å²) in [6, 6.07) is 7.43. The van der Waals surface area contributed by atoms with Crippen LogP contribution in [0.3, 0.4) is 0 Å². The van der Waals surface area contributed by atoms with Gasteiger partial charge in [0.05, 0.1) is 28.6 Å². The number of carboxylic acid groups (broad SMARTS) is 1. The van der Waals surface area contributed by atoms with E-state index in [0.29, 0.717) is 31.5 Å². The summed E-state index contributed by atoms with van der Waals surface area (Å²) in [5, 5.41) is 17.9. The van der Waals surface area contributed by atoms with Gasteiger partial charge < -0.3 is 15.0 Å². The Bertz CT molecular complexity index is 693. The van der Waals surface area contributed by atoms with Crippen LogP contribution < -0.4 is 4.90 Å². The first-order chi connectivity index (χ1) is 9.67. The second-order valence-electron chi connectivity index (χ2n) is 5.00. The maximum atomic E-state index is 10.9. The molecule has 20 heavy (non-hydrogen) atoms. The van der Waals surface area contributed by atoms with Crippen molar-refractivity contribution in [3.05, 3.63) is 23.8 Å². The topological polar surface area (TPSA) is 93.0 Å². The minimum Gasteiger partial charge on any atom is -0.481 e. The third kappa shape index (κ3) is 2.18. The molecule has 1 aromatic heterocycles. The van der Waals surface area contributed by atoms with Crippen molar-refractivity contribution in [1.29, 1.82) is 5.26 Å². The fourth-order valence-corrected chi connectivity index (χ4v) is 2.55. The van der Waals surface area contributed by atoms with E-state index in [1.54, 1.807) is 12.1 Å². The van der Waals surface area contributed by atoms with Crippen molar-refractivity contribution in [3.8, 4) is 6.07 Å². The van der Waals surface area contributed by atoms with Crippen LogP contribution in [0.2, 0.25) is 0 Å². The molecule has 0 bridgehead atoms. The second-order valence-corrected chi connectivity index (χ2v) is 5.00. The van der Waals surface area contributed by atoms with Crippen LogP contribution in [0.1, 0.15) is 18.4 Å². The zero-order valence-electron chi connectivity index (χ0n) is 10.8. The fraction of sp³-hybridized carbons (Fsp3) is 0.357. The molecule has 2 heterocycles. The van der Waals surface area contributed by atoms with Crippen molar-refractivity contribution in [2.45, 2.75) is 12.8 Å². The number of rotatable bonds is 2. The molecule has 2 N–H and O–H groups in total. The molecule has 0 radical (unpaired) electrons. The summed E-state index contributed by atoms with van der Waals surface area (Å²) in [5.74, 6) is -0.215. The number of carboxylic acids is 1. The summed E-state index contributed by atoms with van der Waals surface area (Å²) in [7, 11) is 0. The predicted molar refractivity (Wildman–Crippen MR) is 73.4 cm³/mol. The molecule has 3 rings (SSSR count). The molecule has 0 spiro atoms. The molecular formula is C14H14N4O2. The van der Waals surface area contributed by atoms with E-state index < -0.39 is 5.97 Å². The number of anilines is 1. The molecule has 6 nitrogen and oxygen atoms in total. The number of aromatic amines is 1. The first kappa shape index (κ1) is 12.5. The first-order valence-electron chi connectivity index (χ1n) is 6.55. The number of fused-ring (bicyclic) bond motifs is 1. The Hall–Kier alpha value is -2.55. The summed E-state index contributed by atoms with van der Waals surface area (Å²) in [6.07, 6.45) is 1.27. The molecule has 1 aliphatic rings. The number of H-pyrrole nitrogens is 1. The largest absolute Gasteiger partial charge is 0.481 e. The van der Waals surface area contributed by atoms with Crippen LogP contribution in [0.4, 0.5) is 5.95 Å². The molecule has 1 saturated heterocycles. The summed E-state index contributed by atoms with van der Waals surface area (Å²) < 4.78 is 0. The number of hydrogen-bond donors (Lipinski definition) is 2. The molecule has 102 valence electrons. The van der Waals surface area contributed by atoms with Crippen LogP contribution in [-0.2, 0) is 4.79 Å². The first-order valence-corrected chi connectivity index (χ1v) is 6.55. The van der Waals surface area contributed by atoms with Gasteiger partial charge in [0.15, 0.2) is 0 Å². The van der Waals surface area contributed by atoms with Crippen LogP contribution in [-0.4, -0.2) is 34.1 Å².